The molecule has 1 amide bonds. The Morgan fingerprint density at radius 2 is 1.89 bits per heavy atom. The maximum Gasteiger partial charge on any atom is 0.410 e. The molecule has 0 unspecified atom stereocenters. The molecular formula is C20H33N3O3S. The van der Waals surface area contributed by atoms with Crippen LogP contribution in [-0.4, -0.2) is 53.0 Å². The first kappa shape index (κ1) is 20.4. The molecule has 6 nitrogen and oxygen atoms in total. The lowest BCUT2D eigenvalue weighted by Gasteiger charge is -2.38. The number of ether oxygens (including phenoxy) is 1. The highest BCUT2D eigenvalue weighted by atomic mass is 32.1. The number of carbonyl (C=O) groups is 1. The van der Waals surface area contributed by atoms with Crippen LogP contribution < -0.4 is 5.32 Å². The predicted octanol–water partition coefficient (Wildman–Crippen LogP) is 3.89. The van der Waals surface area contributed by atoms with E-state index in [-0.39, 0.29) is 11.7 Å². The quantitative estimate of drug-likeness (QED) is 0.719. The molecule has 3 rings (SSSR count). The molecule has 3 aliphatic rings. The lowest BCUT2D eigenvalue weighted by atomic mass is 9.76. The molecular weight excluding hydrogens is 362 g/mol. The van der Waals surface area contributed by atoms with Crippen LogP contribution in [0, 0.1) is 11.8 Å². The van der Waals surface area contributed by atoms with E-state index in [2.05, 4.69) is 10.5 Å². The van der Waals surface area contributed by atoms with Gasteiger partial charge in [0.2, 0.25) is 0 Å². The van der Waals surface area contributed by atoms with Crippen LogP contribution in [-0.2, 0) is 9.57 Å². The third-order valence-corrected chi connectivity index (χ3v) is 6.54. The number of thiocarbonyl (C=S) groups is 1. The van der Waals surface area contributed by atoms with E-state index in [1.54, 1.807) is 4.90 Å². The fourth-order valence-electron chi connectivity index (χ4n) is 4.35. The molecule has 27 heavy (non-hydrogen) atoms. The topological polar surface area (TPSA) is 63.2 Å². The van der Waals surface area contributed by atoms with Gasteiger partial charge in [-0.2, -0.15) is 0 Å². The lowest BCUT2D eigenvalue weighted by Crippen LogP contribution is -2.48. The zero-order chi connectivity index (χ0) is 19.7. The number of nitrogens with zero attached hydrogens (tertiary/aromatic N) is 2. The summed E-state index contributed by atoms with van der Waals surface area (Å²) in [5, 5.41) is 7.62. The number of piperidine rings is 1. The fourth-order valence-corrected chi connectivity index (χ4v) is 4.59. The summed E-state index contributed by atoms with van der Waals surface area (Å²) in [4.78, 5) is 21.0. The zero-order valence-corrected chi connectivity index (χ0v) is 17.9. The Kier molecular flexibility index (Phi) is 5.99. The van der Waals surface area contributed by atoms with Gasteiger partial charge in [0.1, 0.15) is 11.2 Å². The summed E-state index contributed by atoms with van der Waals surface area (Å²) in [6.07, 6.45) is 6.84. The van der Waals surface area contributed by atoms with Crippen LogP contribution in [0.15, 0.2) is 5.16 Å². The van der Waals surface area contributed by atoms with E-state index in [0.29, 0.717) is 24.9 Å². The third-order valence-electron chi connectivity index (χ3n) is 6.00. The number of carbonyl (C=O) groups excluding carboxylic acids is 1. The second-order valence-electron chi connectivity index (χ2n) is 9.16. The average molecular weight is 396 g/mol. The second-order valence-corrected chi connectivity index (χ2v) is 9.60. The minimum absolute atomic E-state index is 0.217. The molecule has 0 radical (unpaired) electrons. The van der Waals surface area contributed by atoms with E-state index >= 15 is 0 Å². The van der Waals surface area contributed by atoms with Gasteiger partial charge in [0.15, 0.2) is 0 Å². The SMILES string of the molecule is CNC(=S)C1CCC(C2=NOC3(CCN(C(=O)OC(C)(C)C)CC3)C2)CC1. The molecule has 2 aliphatic heterocycles. The number of nitrogens with one attached hydrogen (secondary N) is 1. The van der Waals surface area contributed by atoms with Gasteiger partial charge in [0.05, 0.1) is 10.7 Å². The van der Waals surface area contributed by atoms with Crippen molar-refractivity contribution in [3.05, 3.63) is 0 Å². The summed E-state index contributed by atoms with van der Waals surface area (Å²) in [6.45, 7) is 7.03. The third kappa shape index (κ3) is 4.92. The minimum atomic E-state index is -0.458. The highest BCUT2D eigenvalue weighted by Crippen LogP contribution is 2.40. The van der Waals surface area contributed by atoms with Crippen molar-refractivity contribution in [2.45, 2.75) is 76.9 Å². The van der Waals surface area contributed by atoms with Gasteiger partial charge in [-0.25, -0.2) is 4.79 Å². The first-order chi connectivity index (χ1) is 12.7. The first-order valence-electron chi connectivity index (χ1n) is 10.2. The molecule has 7 heteroatoms. The Labute approximate surface area is 168 Å². The molecule has 1 saturated heterocycles. The predicted molar refractivity (Wildman–Crippen MR) is 110 cm³/mol. The molecule has 1 spiro atoms. The molecule has 1 N–H and O–H groups in total. The van der Waals surface area contributed by atoms with Crippen LogP contribution in [0.1, 0.15) is 65.7 Å². The number of oxime groups is 1. The molecule has 2 fully saturated rings. The van der Waals surface area contributed by atoms with Gasteiger partial charge in [0.25, 0.3) is 0 Å². The van der Waals surface area contributed by atoms with Gasteiger partial charge in [-0.15, -0.1) is 0 Å². The highest BCUT2D eigenvalue weighted by Gasteiger charge is 2.45. The van der Waals surface area contributed by atoms with Gasteiger partial charge in [-0.05, 0) is 46.5 Å². The van der Waals surface area contributed by atoms with Crippen molar-refractivity contribution in [3.8, 4) is 0 Å². The first-order valence-corrected chi connectivity index (χ1v) is 10.6. The monoisotopic (exact) mass is 395 g/mol. The van der Waals surface area contributed by atoms with Gasteiger partial charge >= 0.3 is 6.09 Å². The van der Waals surface area contributed by atoms with Crippen molar-refractivity contribution in [1.82, 2.24) is 10.2 Å². The van der Waals surface area contributed by atoms with E-state index in [9.17, 15) is 4.79 Å². The standard InChI is InChI=1S/C20H33N3O3S/c1-19(2,3)25-18(24)23-11-9-20(10-12-23)13-16(22-26-20)14-5-7-15(8-6-14)17(27)21-4/h14-15H,5-13H2,1-4H3,(H,21,27). The van der Waals surface area contributed by atoms with Crippen molar-refractivity contribution in [3.63, 3.8) is 0 Å². The Morgan fingerprint density at radius 3 is 2.44 bits per heavy atom. The molecule has 0 aromatic carbocycles. The van der Waals surface area contributed by atoms with E-state index in [4.69, 9.17) is 21.8 Å². The molecule has 1 saturated carbocycles. The number of hydrogen-bond acceptors (Lipinski definition) is 5. The van der Waals surface area contributed by atoms with Crippen molar-refractivity contribution in [2.75, 3.05) is 20.1 Å². The van der Waals surface area contributed by atoms with Gasteiger partial charge in [0, 0.05) is 51.2 Å². The summed E-state index contributed by atoms with van der Waals surface area (Å²) in [6, 6.07) is 0. The van der Waals surface area contributed by atoms with Crippen LogP contribution in [0.5, 0.6) is 0 Å². The summed E-state index contributed by atoms with van der Waals surface area (Å²) < 4.78 is 5.49. The van der Waals surface area contributed by atoms with Crippen LogP contribution in [0.25, 0.3) is 0 Å². The zero-order valence-electron chi connectivity index (χ0n) is 17.0. The van der Waals surface area contributed by atoms with Gasteiger partial charge in [-0.3, -0.25) is 0 Å². The fraction of sp³-hybridized carbons (Fsp3) is 0.850. The smallest absolute Gasteiger partial charge is 0.410 e. The number of likely N-dealkylation sites (tertiary alicyclic amines) is 1. The highest BCUT2D eigenvalue weighted by molar-refractivity contribution is 7.80. The maximum atomic E-state index is 12.3. The van der Waals surface area contributed by atoms with Crippen LogP contribution in [0.4, 0.5) is 4.79 Å². The molecule has 2 heterocycles. The summed E-state index contributed by atoms with van der Waals surface area (Å²) >= 11 is 5.40. The number of hydrogen-bond donors (Lipinski definition) is 1. The summed E-state index contributed by atoms with van der Waals surface area (Å²) in [5.41, 5.74) is 0.542. The summed E-state index contributed by atoms with van der Waals surface area (Å²) in [7, 11) is 1.91. The molecule has 0 aromatic heterocycles. The van der Waals surface area contributed by atoms with Crippen molar-refractivity contribution >= 4 is 29.0 Å². The van der Waals surface area contributed by atoms with E-state index in [1.807, 2.05) is 27.8 Å². The Hall–Kier alpha value is -1.37. The molecule has 152 valence electrons. The van der Waals surface area contributed by atoms with Crippen LogP contribution >= 0.6 is 12.2 Å². The molecule has 0 bridgehead atoms. The van der Waals surface area contributed by atoms with Crippen LogP contribution in [0.2, 0.25) is 0 Å². The largest absolute Gasteiger partial charge is 0.444 e. The number of amides is 1. The average Bonchev–Trinajstić information content (AvgIpc) is 3.04. The number of rotatable bonds is 2. The van der Waals surface area contributed by atoms with Crippen LogP contribution in [0.3, 0.4) is 0 Å². The minimum Gasteiger partial charge on any atom is -0.444 e. The molecule has 0 atom stereocenters. The van der Waals surface area contributed by atoms with Crippen molar-refractivity contribution < 1.29 is 14.4 Å². The van der Waals surface area contributed by atoms with E-state index in [1.165, 1.54) is 5.71 Å². The van der Waals surface area contributed by atoms with E-state index in [0.717, 1.165) is 49.9 Å². The maximum absolute atomic E-state index is 12.3. The van der Waals surface area contributed by atoms with Crippen molar-refractivity contribution in [2.24, 2.45) is 17.0 Å². The van der Waals surface area contributed by atoms with Gasteiger partial charge in [-0.1, -0.05) is 17.4 Å². The van der Waals surface area contributed by atoms with Crippen molar-refractivity contribution in [1.29, 1.82) is 0 Å². The molecule has 1 aliphatic carbocycles. The molecule has 0 aromatic rings. The Bertz CT molecular complexity index is 598. The Balaban J connectivity index is 1.47. The Morgan fingerprint density at radius 1 is 1.26 bits per heavy atom. The van der Waals surface area contributed by atoms with Gasteiger partial charge < -0.3 is 19.8 Å². The summed E-state index contributed by atoms with van der Waals surface area (Å²) in [5.74, 6) is 1.03. The second kappa shape index (κ2) is 7.94. The van der Waals surface area contributed by atoms with E-state index < -0.39 is 5.60 Å². The lowest BCUT2D eigenvalue weighted by molar-refractivity contribution is -0.0639. The normalized spacial score (nSPS) is 27.7.